The normalized spacial score (nSPS) is 39.9. The zero-order valence-electron chi connectivity index (χ0n) is 6.13. The maximum Gasteiger partial charge on any atom is 0.341 e. The highest BCUT2D eigenvalue weighted by Gasteiger charge is 2.40. The van der Waals surface area contributed by atoms with Gasteiger partial charge in [-0.1, -0.05) is 13.8 Å². The number of carbonyl (C=O) groups is 1. The average molecular weight is 146 g/mol. The molecule has 0 radical (unpaired) electrons. The predicted octanol–water partition coefficient (Wildman–Crippen LogP) is 1.30. The molecule has 3 atom stereocenters. The molecule has 0 bridgehead atoms. The Balaban J connectivity index is 2.61. The second-order valence-electron chi connectivity index (χ2n) is 2.64. The van der Waals surface area contributed by atoms with E-state index in [0.717, 1.165) is 0 Å². The number of rotatable bonds is 1. The molecule has 3 heteroatoms. The van der Waals surface area contributed by atoms with Crippen LogP contribution < -0.4 is 0 Å². The first kappa shape index (κ1) is 7.51. The highest BCUT2D eigenvalue weighted by molar-refractivity contribution is 5.77. The summed E-state index contributed by atoms with van der Waals surface area (Å²) in [5.41, 5.74) is 0. The van der Waals surface area contributed by atoms with Crippen LogP contribution in [0.5, 0.6) is 0 Å². The molecule has 1 unspecified atom stereocenters. The number of cyclic esters (lactones) is 1. The van der Waals surface area contributed by atoms with Crippen LogP contribution in [0.4, 0.5) is 4.39 Å². The van der Waals surface area contributed by atoms with Crippen LogP contribution in [0.25, 0.3) is 0 Å². The standard InChI is InChI=1S/C7H11FO2/c1-3-5-4(2)6(8)7(9)10-5/h4-6H,3H2,1-2H3/t4-,5-,6?/m1/s1. The van der Waals surface area contributed by atoms with Gasteiger partial charge in [0, 0.05) is 5.92 Å². The van der Waals surface area contributed by atoms with Gasteiger partial charge in [0.25, 0.3) is 0 Å². The van der Waals surface area contributed by atoms with E-state index in [2.05, 4.69) is 0 Å². The molecule has 0 N–H and O–H groups in total. The first-order chi connectivity index (χ1) is 4.66. The molecule has 0 spiro atoms. The van der Waals surface area contributed by atoms with E-state index in [9.17, 15) is 9.18 Å². The maximum absolute atomic E-state index is 12.7. The van der Waals surface area contributed by atoms with Crippen LogP contribution >= 0.6 is 0 Å². The smallest absolute Gasteiger partial charge is 0.341 e. The number of hydrogen-bond donors (Lipinski definition) is 0. The molecule has 0 aromatic carbocycles. The lowest BCUT2D eigenvalue weighted by Gasteiger charge is -2.09. The van der Waals surface area contributed by atoms with Gasteiger partial charge in [0.05, 0.1) is 0 Å². The molecule has 0 aliphatic carbocycles. The molecule has 1 aliphatic heterocycles. The molecular formula is C7H11FO2. The lowest BCUT2D eigenvalue weighted by molar-refractivity contribution is -0.145. The Morgan fingerprint density at radius 3 is 2.50 bits per heavy atom. The number of alkyl halides is 1. The van der Waals surface area contributed by atoms with Crippen LogP contribution in [0.2, 0.25) is 0 Å². The van der Waals surface area contributed by atoms with Crippen molar-refractivity contribution in [3.05, 3.63) is 0 Å². The molecule has 1 rings (SSSR count). The summed E-state index contributed by atoms with van der Waals surface area (Å²) < 4.78 is 17.4. The van der Waals surface area contributed by atoms with E-state index in [1.807, 2.05) is 6.92 Å². The van der Waals surface area contributed by atoms with Crippen molar-refractivity contribution in [3.8, 4) is 0 Å². The summed E-state index contributed by atoms with van der Waals surface area (Å²) in [5.74, 6) is -0.961. The molecule has 1 heterocycles. The third-order valence-corrected chi connectivity index (χ3v) is 1.94. The summed E-state index contributed by atoms with van der Waals surface area (Å²) >= 11 is 0. The van der Waals surface area contributed by atoms with E-state index in [0.29, 0.717) is 6.42 Å². The monoisotopic (exact) mass is 146 g/mol. The quantitative estimate of drug-likeness (QED) is 0.521. The van der Waals surface area contributed by atoms with Crippen molar-refractivity contribution in [2.24, 2.45) is 5.92 Å². The van der Waals surface area contributed by atoms with Gasteiger partial charge < -0.3 is 4.74 Å². The summed E-state index contributed by atoms with van der Waals surface area (Å²) in [5, 5.41) is 0. The Bertz CT molecular complexity index is 147. The van der Waals surface area contributed by atoms with Gasteiger partial charge in [0.15, 0.2) is 0 Å². The van der Waals surface area contributed by atoms with Gasteiger partial charge in [0.2, 0.25) is 6.17 Å². The topological polar surface area (TPSA) is 26.3 Å². The minimum absolute atomic E-state index is 0.206. The van der Waals surface area contributed by atoms with Crippen LogP contribution in [0.15, 0.2) is 0 Å². The molecule has 58 valence electrons. The lowest BCUT2D eigenvalue weighted by Crippen LogP contribution is -2.17. The van der Waals surface area contributed by atoms with Gasteiger partial charge in [-0.25, -0.2) is 9.18 Å². The van der Waals surface area contributed by atoms with Gasteiger partial charge in [-0.15, -0.1) is 0 Å². The number of hydrogen-bond acceptors (Lipinski definition) is 2. The minimum Gasteiger partial charge on any atom is -0.460 e. The van der Waals surface area contributed by atoms with E-state index in [4.69, 9.17) is 4.74 Å². The molecule has 0 saturated carbocycles. The fourth-order valence-electron chi connectivity index (χ4n) is 1.18. The SMILES string of the molecule is CC[C@H]1OC(=O)C(F)[C@@H]1C. The van der Waals surface area contributed by atoms with Crippen LogP contribution in [0.3, 0.4) is 0 Å². The Labute approximate surface area is 59.4 Å². The van der Waals surface area contributed by atoms with Crippen molar-refractivity contribution in [2.45, 2.75) is 32.5 Å². The van der Waals surface area contributed by atoms with Gasteiger partial charge in [0.1, 0.15) is 6.10 Å². The molecule has 1 fully saturated rings. The first-order valence-corrected chi connectivity index (χ1v) is 3.51. The summed E-state index contributed by atoms with van der Waals surface area (Å²) in [6, 6.07) is 0. The van der Waals surface area contributed by atoms with Crippen molar-refractivity contribution in [1.82, 2.24) is 0 Å². The third-order valence-electron chi connectivity index (χ3n) is 1.94. The Morgan fingerprint density at radius 2 is 2.30 bits per heavy atom. The third kappa shape index (κ3) is 1.00. The van der Waals surface area contributed by atoms with E-state index < -0.39 is 12.1 Å². The molecule has 0 aromatic heterocycles. The molecule has 10 heavy (non-hydrogen) atoms. The maximum atomic E-state index is 12.7. The molecule has 0 aromatic rings. The van der Waals surface area contributed by atoms with E-state index in [-0.39, 0.29) is 12.0 Å². The Kier molecular flexibility index (Phi) is 1.92. The number of carbonyl (C=O) groups excluding carboxylic acids is 1. The number of esters is 1. The van der Waals surface area contributed by atoms with Gasteiger partial charge in [-0.2, -0.15) is 0 Å². The second kappa shape index (κ2) is 2.56. The Hall–Kier alpha value is -0.600. The molecule has 1 aliphatic rings. The van der Waals surface area contributed by atoms with Crippen molar-refractivity contribution in [3.63, 3.8) is 0 Å². The van der Waals surface area contributed by atoms with Crippen LogP contribution in [-0.4, -0.2) is 18.2 Å². The molecule has 2 nitrogen and oxygen atoms in total. The van der Waals surface area contributed by atoms with Crippen LogP contribution in [-0.2, 0) is 9.53 Å². The zero-order valence-corrected chi connectivity index (χ0v) is 6.13. The lowest BCUT2D eigenvalue weighted by atomic mass is 10.0. The summed E-state index contributed by atoms with van der Waals surface area (Å²) in [7, 11) is 0. The fraction of sp³-hybridized carbons (Fsp3) is 0.857. The van der Waals surface area contributed by atoms with Crippen molar-refractivity contribution in [1.29, 1.82) is 0 Å². The highest BCUT2D eigenvalue weighted by Crippen LogP contribution is 2.26. The first-order valence-electron chi connectivity index (χ1n) is 3.51. The van der Waals surface area contributed by atoms with Crippen molar-refractivity contribution in [2.75, 3.05) is 0 Å². The fourth-order valence-corrected chi connectivity index (χ4v) is 1.18. The van der Waals surface area contributed by atoms with E-state index in [1.165, 1.54) is 0 Å². The van der Waals surface area contributed by atoms with E-state index >= 15 is 0 Å². The van der Waals surface area contributed by atoms with Gasteiger partial charge >= 0.3 is 5.97 Å². The summed E-state index contributed by atoms with van der Waals surface area (Å²) in [6.45, 7) is 3.58. The zero-order chi connectivity index (χ0) is 7.72. The van der Waals surface area contributed by atoms with Crippen LogP contribution in [0, 0.1) is 5.92 Å². The molecule has 0 amide bonds. The van der Waals surface area contributed by atoms with Crippen molar-refractivity contribution < 1.29 is 13.9 Å². The largest absolute Gasteiger partial charge is 0.460 e. The Morgan fingerprint density at radius 1 is 1.70 bits per heavy atom. The average Bonchev–Trinajstić information content (AvgIpc) is 2.17. The van der Waals surface area contributed by atoms with Crippen LogP contribution in [0.1, 0.15) is 20.3 Å². The van der Waals surface area contributed by atoms with Gasteiger partial charge in [-0.3, -0.25) is 0 Å². The van der Waals surface area contributed by atoms with Crippen molar-refractivity contribution >= 4 is 5.97 Å². The summed E-state index contributed by atoms with van der Waals surface area (Å²) in [4.78, 5) is 10.6. The van der Waals surface area contributed by atoms with E-state index in [1.54, 1.807) is 6.92 Å². The second-order valence-corrected chi connectivity index (χ2v) is 2.64. The number of halogens is 1. The number of ether oxygens (including phenoxy) is 1. The highest BCUT2D eigenvalue weighted by atomic mass is 19.1. The molecular weight excluding hydrogens is 135 g/mol. The predicted molar refractivity (Wildman–Crippen MR) is 34.2 cm³/mol. The summed E-state index contributed by atoms with van der Waals surface area (Å²) in [6.07, 6.45) is -0.903. The van der Waals surface area contributed by atoms with Gasteiger partial charge in [-0.05, 0) is 6.42 Å². The minimum atomic E-state index is -1.40. The molecule has 1 saturated heterocycles.